The minimum atomic E-state index is -0.313. The summed E-state index contributed by atoms with van der Waals surface area (Å²) in [4.78, 5) is 14.5. The lowest BCUT2D eigenvalue weighted by Crippen LogP contribution is -2.18. The standard InChI is InChI=1S/C13H20N2O2S/c1-4-17-13(16)12-10(14)5-11(18-12)15-6-8(2)9(3)7-15/h5,8-9H,4,6-7,14H2,1-3H3. The molecule has 1 aromatic rings. The summed E-state index contributed by atoms with van der Waals surface area (Å²) in [7, 11) is 0. The smallest absolute Gasteiger partial charge is 0.350 e. The summed E-state index contributed by atoms with van der Waals surface area (Å²) in [6, 6.07) is 1.89. The number of nitrogen functional groups attached to an aromatic ring is 1. The highest BCUT2D eigenvalue weighted by molar-refractivity contribution is 7.18. The Labute approximate surface area is 112 Å². The summed E-state index contributed by atoms with van der Waals surface area (Å²) in [5, 5.41) is 1.08. The molecule has 1 aliphatic heterocycles. The fraction of sp³-hybridized carbons (Fsp3) is 0.615. The summed E-state index contributed by atoms with van der Waals surface area (Å²) >= 11 is 1.44. The summed E-state index contributed by atoms with van der Waals surface area (Å²) in [6.07, 6.45) is 0. The van der Waals surface area contributed by atoms with E-state index in [4.69, 9.17) is 10.5 Å². The summed E-state index contributed by atoms with van der Waals surface area (Å²) in [5.41, 5.74) is 6.42. The van der Waals surface area contributed by atoms with Crippen LogP contribution < -0.4 is 10.6 Å². The first-order chi connectivity index (χ1) is 8.52. The van der Waals surface area contributed by atoms with Gasteiger partial charge in [0.05, 0.1) is 17.3 Å². The van der Waals surface area contributed by atoms with Gasteiger partial charge in [-0.1, -0.05) is 13.8 Å². The molecule has 2 rings (SSSR count). The number of rotatable bonds is 3. The Bertz CT molecular complexity index is 434. The van der Waals surface area contributed by atoms with Gasteiger partial charge in [-0.05, 0) is 24.8 Å². The summed E-state index contributed by atoms with van der Waals surface area (Å²) < 4.78 is 5.00. The number of carbonyl (C=O) groups is 1. The summed E-state index contributed by atoms with van der Waals surface area (Å²) in [5.74, 6) is 1.05. The molecular formula is C13H20N2O2S. The molecule has 4 nitrogen and oxygen atoms in total. The van der Waals surface area contributed by atoms with Crippen LogP contribution in [0.1, 0.15) is 30.4 Å². The molecule has 2 N–H and O–H groups in total. The first-order valence-electron chi connectivity index (χ1n) is 6.34. The van der Waals surface area contributed by atoms with Crippen LogP contribution in [0.15, 0.2) is 6.07 Å². The van der Waals surface area contributed by atoms with E-state index < -0.39 is 0 Å². The van der Waals surface area contributed by atoms with Crippen molar-refractivity contribution < 1.29 is 9.53 Å². The van der Waals surface area contributed by atoms with Crippen molar-refractivity contribution in [2.24, 2.45) is 11.8 Å². The number of carbonyl (C=O) groups excluding carboxylic acids is 1. The van der Waals surface area contributed by atoms with Crippen molar-refractivity contribution in [3.8, 4) is 0 Å². The molecule has 1 aromatic heterocycles. The van der Waals surface area contributed by atoms with E-state index in [0.717, 1.165) is 18.1 Å². The predicted octanol–water partition coefficient (Wildman–Crippen LogP) is 2.60. The first kappa shape index (κ1) is 13.2. The van der Waals surface area contributed by atoms with Gasteiger partial charge in [-0.15, -0.1) is 11.3 Å². The average Bonchev–Trinajstić information content (AvgIpc) is 2.84. The minimum absolute atomic E-state index is 0.313. The zero-order chi connectivity index (χ0) is 13.3. The fourth-order valence-corrected chi connectivity index (χ4v) is 3.21. The SMILES string of the molecule is CCOC(=O)c1sc(N2CC(C)C(C)C2)cc1N. The molecule has 100 valence electrons. The van der Waals surface area contributed by atoms with Crippen molar-refractivity contribution >= 4 is 28.0 Å². The van der Waals surface area contributed by atoms with Crippen LogP contribution >= 0.6 is 11.3 Å². The van der Waals surface area contributed by atoms with Gasteiger partial charge in [0.1, 0.15) is 4.88 Å². The number of nitrogens with zero attached hydrogens (tertiary/aromatic N) is 1. The molecule has 18 heavy (non-hydrogen) atoms. The maximum atomic E-state index is 11.7. The molecule has 0 bridgehead atoms. The molecule has 5 heteroatoms. The third-order valence-electron chi connectivity index (χ3n) is 3.51. The lowest BCUT2D eigenvalue weighted by Gasteiger charge is -2.15. The van der Waals surface area contributed by atoms with E-state index in [0.29, 0.717) is 29.0 Å². The van der Waals surface area contributed by atoms with Gasteiger partial charge >= 0.3 is 5.97 Å². The molecule has 2 unspecified atom stereocenters. The van der Waals surface area contributed by atoms with E-state index in [9.17, 15) is 4.79 Å². The van der Waals surface area contributed by atoms with Crippen LogP contribution in [0, 0.1) is 11.8 Å². The second kappa shape index (κ2) is 5.18. The molecule has 2 heterocycles. The number of hydrogen-bond acceptors (Lipinski definition) is 5. The van der Waals surface area contributed by atoms with Crippen LogP contribution in [-0.4, -0.2) is 25.7 Å². The second-order valence-electron chi connectivity index (χ2n) is 4.95. The number of nitrogens with two attached hydrogens (primary N) is 1. The zero-order valence-electron chi connectivity index (χ0n) is 11.1. The van der Waals surface area contributed by atoms with E-state index in [-0.39, 0.29) is 5.97 Å². The number of anilines is 2. The number of hydrogen-bond donors (Lipinski definition) is 1. The number of thiophene rings is 1. The molecule has 0 aliphatic carbocycles. The maximum absolute atomic E-state index is 11.7. The minimum Gasteiger partial charge on any atom is -0.462 e. The van der Waals surface area contributed by atoms with Gasteiger partial charge in [0.25, 0.3) is 0 Å². The van der Waals surface area contributed by atoms with Gasteiger partial charge < -0.3 is 15.4 Å². The third kappa shape index (κ3) is 2.46. The topological polar surface area (TPSA) is 55.6 Å². The molecular weight excluding hydrogens is 248 g/mol. The largest absolute Gasteiger partial charge is 0.462 e. The van der Waals surface area contributed by atoms with Crippen LogP contribution in [0.5, 0.6) is 0 Å². The number of esters is 1. The van der Waals surface area contributed by atoms with Gasteiger partial charge in [-0.3, -0.25) is 0 Å². The van der Waals surface area contributed by atoms with E-state index >= 15 is 0 Å². The highest BCUT2D eigenvalue weighted by atomic mass is 32.1. The molecule has 0 amide bonds. The van der Waals surface area contributed by atoms with Gasteiger partial charge in [0.2, 0.25) is 0 Å². The predicted molar refractivity (Wildman–Crippen MR) is 75.2 cm³/mol. The Balaban J connectivity index is 2.16. The van der Waals surface area contributed by atoms with Gasteiger partial charge in [0, 0.05) is 13.1 Å². The quantitative estimate of drug-likeness (QED) is 0.856. The van der Waals surface area contributed by atoms with Crippen LogP contribution in [0.3, 0.4) is 0 Å². The van der Waals surface area contributed by atoms with Crippen molar-refractivity contribution in [2.45, 2.75) is 20.8 Å². The Kier molecular flexibility index (Phi) is 3.80. The van der Waals surface area contributed by atoms with Crippen LogP contribution in [0.2, 0.25) is 0 Å². The lowest BCUT2D eigenvalue weighted by atomic mass is 10.0. The second-order valence-corrected chi connectivity index (χ2v) is 5.98. The Hall–Kier alpha value is -1.23. The van der Waals surface area contributed by atoms with Gasteiger partial charge in [-0.25, -0.2) is 4.79 Å². The molecule has 0 saturated carbocycles. The van der Waals surface area contributed by atoms with Crippen molar-refractivity contribution in [2.75, 3.05) is 30.3 Å². The zero-order valence-corrected chi connectivity index (χ0v) is 11.9. The monoisotopic (exact) mass is 268 g/mol. The average molecular weight is 268 g/mol. The molecule has 0 spiro atoms. The van der Waals surface area contributed by atoms with Crippen molar-refractivity contribution in [1.82, 2.24) is 0 Å². The molecule has 0 aromatic carbocycles. The maximum Gasteiger partial charge on any atom is 0.350 e. The Morgan fingerprint density at radius 3 is 2.67 bits per heavy atom. The van der Waals surface area contributed by atoms with Crippen LogP contribution in [0.25, 0.3) is 0 Å². The fourth-order valence-electron chi connectivity index (χ4n) is 2.21. The molecule has 1 saturated heterocycles. The van der Waals surface area contributed by atoms with E-state index in [1.54, 1.807) is 6.92 Å². The Morgan fingerprint density at radius 2 is 2.11 bits per heavy atom. The van der Waals surface area contributed by atoms with Gasteiger partial charge in [0.15, 0.2) is 0 Å². The van der Waals surface area contributed by atoms with Crippen molar-refractivity contribution in [1.29, 1.82) is 0 Å². The summed E-state index contributed by atoms with van der Waals surface area (Å²) in [6.45, 7) is 8.75. The first-order valence-corrected chi connectivity index (χ1v) is 7.16. The molecule has 2 atom stereocenters. The van der Waals surface area contributed by atoms with Crippen molar-refractivity contribution in [3.63, 3.8) is 0 Å². The van der Waals surface area contributed by atoms with Crippen molar-refractivity contribution in [3.05, 3.63) is 10.9 Å². The number of ether oxygens (including phenoxy) is 1. The molecule has 0 radical (unpaired) electrons. The van der Waals surface area contributed by atoms with E-state index in [2.05, 4.69) is 18.7 Å². The normalized spacial score (nSPS) is 23.4. The van der Waals surface area contributed by atoms with Crippen LogP contribution in [-0.2, 0) is 4.74 Å². The highest BCUT2D eigenvalue weighted by Gasteiger charge is 2.28. The molecule has 1 aliphatic rings. The van der Waals surface area contributed by atoms with E-state index in [1.165, 1.54) is 11.3 Å². The van der Waals surface area contributed by atoms with Gasteiger partial charge in [-0.2, -0.15) is 0 Å². The third-order valence-corrected chi connectivity index (χ3v) is 4.70. The highest BCUT2D eigenvalue weighted by Crippen LogP contribution is 2.36. The van der Waals surface area contributed by atoms with E-state index in [1.807, 2.05) is 6.07 Å². The molecule has 1 fully saturated rings. The lowest BCUT2D eigenvalue weighted by molar-refractivity contribution is 0.0533. The Morgan fingerprint density at radius 1 is 1.50 bits per heavy atom. The van der Waals surface area contributed by atoms with Crippen LogP contribution in [0.4, 0.5) is 10.7 Å².